The highest BCUT2D eigenvalue weighted by atomic mass is 16.3. The number of hydrogen-bond acceptors (Lipinski definition) is 3. The van der Waals surface area contributed by atoms with E-state index in [1.807, 2.05) is 25.1 Å². The van der Waals surface area contributed by atoms with E-state index >= 15 is 0 Å². The van der Waals surface area contributed by atoms with E-state index in [1.165, 1.54) is 6.26 Å². The molecule has 0 saturated carbocycles. The van der Waals surface area contributed by atoms with Crippen molar-refractivity contribution in [1.82, 2.24) is 0 Å². The molecule has 4 heteroatoms. The fourth-order valence-electron chi connectivity index (χ4n) is 2.48. The summed E-state index contributed by atoms with van der Waals surface area (Å²) in [5, 5.41) is 0. The third-order valence-corrected chi connectivity index (χ3v) is 3.27. The molecule has 2 N–H and O–H groups in total. The standard InChI is InChI=1S/C14H14N2O2/c1-9-7-10-8-11(15)4-5-12(10)16(9)14(17)13-3-2-6-18-13/h2-6,8-9H,7,15H2,1H3. The summed E-state index contributed by atoms with van der Waals surface area (Å²) in [6.07, 6.45) is 2.34. The molecule has 1 unspecified atom stereocenters. The Morgan fingerprint density at radius 3 is 3.00 bits per heavy atom. The third kappa shape index (κ3) is 1.57. The van der Waals surface area contributed by atoms with E-state index in [9.17, 15) is 4.79 Å². The number of carbonyl (C=O) groups excluding carboxylic acids is 1. The maximum Gasteiger partial charge on any atom is 0.294 e. The minimum absolute atomic E-state index is 0.101. The Labute approximate surface area is 105 Å². The van der Waals surface area contributed by atoms with Crippen LogP contribution in [0.1, 0.15) is 23.0 Å². The first kappa shape index (κ1) is 10.9. The van der Waals surface area contributed by atoms with Gasteiger partial charge in [-0.2, -0.15) is 0 Å². The molecule has 1 aromatic heterocycles. The molecular weight excluding hydrogens is 228 g/mol. The zero-order valence-corrected chi connectivity index (χ0v) is 10.1. The number of nitrogens with zero attached hydrogens (tertiary/aromatic N) is 1. The lowest BCUT2D eigenvalue weighted by molar-refractivity contribution is 0.0954. The molecule has 0 radical (unpaired) electrons. The van der Waals surface area contributed by atoms with Gasteiger partial charge in [0.05, 0.1) is 6.26 Å². The number of nitrogen functional groups attached to an aromatic ring is 1. The number of nitrogens with two attached hydrogens (primary N) is 1. The first-order valence-corrected chi connectivity index (χ1v) is 5.92. The summed E-state index contributed by atoms with van der Waals surface area (Å²) in [7, 11) is 0. The second-order valence-corrected chi connectivity index (χ2v) is 4.59. The van der Waals surface area contributed by atoms with E-state index < -0.39 is 0 Å². The number of hydrogen-bond donors (Lipinski definition) is 1. The Morgan fingerprint density at radius 2 is 2.28 bits per heavy atom. The summed E-state index contributed by atoms with van der Waals surface area (Å²) in [6, 6.07) is 9.18. The van der Waals surface area contributed by atoms with Gasteiger partial charge in [0.1, 0.15) is 0 Å². The van der Waals surface area contributed by atoms with Gasteiger partial charge < -0.3 is 15.1 Å². The van der Waals surface area contributed by atoms with E-state index in [0.29, 0.717) is 5.76 Å². The van der Waals surface area contributed by atoms with Crippen LogP contribution < -0.4 is 10.6 Å². The van der Waals surface area contributed by atoms with Crippen molar-refractivity contribution >= 4 is 17.3 Å². The van der Waals surface area contributed by atoms with Crippen molar-refractivity contribution in [2.24, 2.45) is 0 Å². The van der Waals surface area contributed by atoms with Crippen LogP contribution in [-0.4, -0.2) is 11.9 Å². The normalized spacial score (nSPS) is 17.8. The summed E-state index contributed by atoms with van der Waals surface area (Å²) in [4.78, 5) is 14.1. The second kappa shape index (κ2) is 3.91. The van der Waals surface area contributed by atoms with Gasteiger partial charge in [-0.3, -0.25) is 4.79 Å². The highest BCUT2D eigenvalue weighted by molar-refractivity contribution is 6.06. The van der Waals surface area contributed by atoms with Crippen LogP contribution in [0.2, 0.25) is 0 Å². The predicted octanol–water partition coefficient (Wildman–Crippen LogP) is 2.45. The molecule has 1 aliphatic heterocycles. The van der Waals surface area contributed by atoms with Crippen LogP contribution in [0.4, 0.5) is 11.4 Å². The Hall–Kier alpha value is -2.23. The van der Waals surface area contributed by atoms with Crippen molar-refractivity contribution in [3.05, 3.63) is 47.9 Å². The largest absolute Gasteiger partial charge is 0.459 e. The fraction of sp³-hybridized carbons (Fsp3) is 0.214. The summed E-state index contributed by atoms with van der Waals surface area (Å²) < 4.78 is 5.18. The van der Waals surface area contributed by atoms with Gasteiger partial charge in [-0.05, 0) is 49.2 Å². The number of amides is 1. The fourth-order valence-corrected chi connectivity index (χ4v) is 2.48. The number of furan rings is 1. The van der Waals surface area contributed by atoms with Crippen LogP contribution in [0.5, 0.6) is 0 Å². The predicted molar refractivity (Wildman–Crippen MR) is 69.5 cm³/mol. The Kier molecular flexibility index (Phi) is 2.37. The number of benzene rings is 1. The van der Waals surface area contributed by atoms with Crippen LogP contribution in [0.3, 0.4) is 0 Å². The zero-order valence-electron chi connectivity index (χ0n) is 10.1. The summed E-state index contributed by atoms with van der Waals surface area (Å²) in [6.45, 7) is 2.02. The molecule has 4 nitrogen and oxygen atoms in total. The van der Waals surface area contributed by atoms with Crippen LogP contribution >= 0.6 is 0 Å². The molecule has 0 saturated heterocycles. The Morgan fingerprint density at radius 1 is 1.44 bits per heavy atom. The van der Waals surface area contributed by atoms with Crippen LogP contribution in [-0.2, 0) is 6.42 Å². The number of fused-ring (bicyclic) bond motifs is 1. The van der Waals surface area contributed by atoms with Crippen molar-refractivity contribution in [3.8, 4) is 0 Å². The SMILES string of the molecule is CC1Cc2cc(N)ccc2N1C(=O)c1ccco1. The van der Waals surface area contributed by atoms with Gasteiger partial charge in [0.15, 0.2) is 5.76 Å². The summed E-state index contributed by atoms with van der Waals surface area (Å²) in [5.41, 5.74) is 8.54. The third-order valence-electron chi connectivity index (χ3n) is 3.27. The molecule has 2 heterocycles. The number of carbonyl (C=O) groups is 1. The summed E-state index contributed by atoms with van der Waals surface area (Å²) >= 11 is 0. The smallest absolute Gasteiger partial charge is 0.294 e. The topological polar surface area (TPSA) is 59.5 Å². The van der Waals surface area contributed by atoms with Crippen LogP contribution in [0, 0.1) is 0 Å². The average molecular weight is 242 g/mol. The first-order chi connectivity index (χ1) is 8.66. The molecule has 0 fully saturated rings. The molecule has 1 aromatic carbocycles. The van der Waals surface area contributed by atoms with Crippen LogP contribution in [0.15, 0.2) is 41.0 Å². The van der Waals surface area contributed by atoms with Crippen molar-refractivity contribution in [2.75, 3.05) is 10.6 Å². The zero-order chi connectivity index (χ0) is 12.7. The molecule has 2 aromatic rings. The number of anilines is 2. The van der Waals surface area contributed by atoms with Crippen molar-refractivity contribution < 1.29 is 9.21 Å². The van der Waals surface area contributed by atoms with Gasteiger partial charge in [0, 0.05) is 17.4 Å². The quantitative estimate of drug-likeness (QED) is 0.781. The number of rotatable bonds is 1. The lowest BCUT2D eigenvalue weighted by Gasteiger charge is -2.21. The van der Waals surface area contributed by atoms with Gasteiger partial charge in [-0.1, -0.05) is 0 Å². The molecule has 1 aliphatic rings. The van der Waals surface area contributed by atoms with Crippen LogP contribution in [0.25, 0.3) is 0 Å². The highest BCUT2D eigenvalue weighted by Crippen LogP contribution is 2.34. The van der Waals surface area contributed by atoms with Crippen molar-refractivity contribution in [1.29, 1.82) is 0 Å². The van der Waals surface area contributed by atoms with Gasteiger partial charge in [0.25, 0.3) is 5.91 Å². The molecule has 3 rings (SSSR count). The van der Waals surface area contributed by atoms with Gasteiger partial charge in [-0.15, -0.1) is 0 Å². The minimum Gasteiger partial charge on any atom is -0.459 e. The molecule has 18 heavy (non-hydrogen) atoms. The maximum absolute atomic E-state index is 12.4. The molecule has 0 aliphatic carbocycles. The molecule has 1 amide bonds. The Bertz CT molecular complexity index is 590. The molecule has 92 valence electrons. The van der Waals surface area contributed by atoms with E-state index in [1.54, 1.807) is 17.0 Å². The van der Waals surface area contributed by atoms with E-state index in [0.717, 1.165) is 23.4 Å². The van der Waals surface area contributed by atoms with Gasteiger partial charge in [0.2, 0.25) is 0 Å². The molecule has 1 atom stereocenters. The molecular formula is C14H14N2O2. The van der Waals surface area contributed by atoms with Gasteiger partial charge >= 0.3 is 0 Å². The van der Waals surface area contributed by atoms with E-state index in [2.05, 4.69) is 0 Å². The van der Waals surface area contributed by atoms with Crippen molar-refractivity contribution in [3.63, 3.8) is 0 Å². The lowest BCUT2D eigenvalue weighted by Crippen LogP contribution is -2.35. The molecule has 0 spiro atoms. The average Bonchev–Trinajstić information content (AvgIpc) is 2.94. The Balaban J connectivity index is 2.02. The van der Waals surface area contributed by atoms with E-state index in [-0.39, 0.29) is 11.9 Å². The van der Waals surface area contributed by atoms with Crippen molar-refractivity contribution in [2.45, 2.75) is 19.4 Å². The summed E-state index contributed by atoms with van der Waals surface area (Å²) in [5.74, 6) is 0.266. The molecule has 0 bridgehead atoms. The monoisotopic (exact) mass is 242 g/mol. The first-order valence-electron chi connectivity index (χ1n) is 5.92. The maximum atomic E-state index is 12.4. The second-order valence-electron chi connectivity index (χ2n) is 4.59. The van der Waals surface area contributed by atoms with E-state index in [4.69, 9.17) is 10.2 Å². The van der Waals surface area contributed by atoms with Gasteiger partial charge in [-0.25, -0.2) is 0 Å². The highest BCUT2D eigenvalue weighted by Gasteiger charge is 2.32. The lowest BCUT2D eigenvalue weighted by atomic mass is 10.1. The minimum atomic E-state index is -0.101.